The number of aliphatic hydroxyl groups is 2. The summed E-state index contributed by atoms with van der Waals surface area (Å²) < 4.78 is 27.0. The van der Waals surface area contributed by atoms with Gasteiger partial charge in [0.05, 0.1) is 16.7 Å². The minimum absolute atomic E-state index is 0.232. The van der Waals surface area contributed by atoms with E-state index in [2.05, 4.69) is 6.92 Å². The lowest BCUT2D eigenvalue weighted by molar-refractivity contribution is -0.429. The largest absolute Gasteiger partial charge is 0.504 e. The third-order valence-electron chi connectivity index (χ3n) is 9.22. The summed E-state index contributed by atoms with van der Waals surface area (Å²) in [5.41, 5.74) is -1.94. The zero-order chi connectivity index (χ0) is 43.6. The van der Waals surface area contributed by atoms with Gasteiger partial charge in [0.1, 0.15) is 18.8 Å². The van der Waals surface area contributed by atoms with Crippen LogP contribution in [0.25, 0.3) is 0 Å². The Balaban J connectivity index is 1.69. The van der Waals surface area contributed by atoms with Crippen molar-refractivity contribution in [3.05, 3.63) is 53.1 Å². The molecule has 0 radical (unpaired) electrons. The number of aliphatic hydroxyl groups excluding tert-OH is 2. The van der Waals surface area contributed by atoms with Gasteiger partial charge in [0.2, 0.25) is 6.10 Å². The molecule has 59 heavy (non-hydrogen) atoms. The molecule has 0 unspecified atom stereocenters. The van der Waals surface area contributed by atoms with Crippen molar-refractivity contribution in [2.75, 3.05) is 6.61 Å². The smallest absolute Gasteiger partial charge is 0.408 e. The summed E-state index contributed by atoms with van der Waals surface area (Å²) in [7, 11) is 0. The van der Waals surface area contributed by atoms with E-state index in [0.717, 1.165) is 44.9 Å². The molecule has 0 aliphatic carbocycles. The zero-order valence-electron chi connectivity index (χ0n) is 31.6. The molecule has 1 saturated heterocycles. The van der Waals surface area contributed by atoms with E-state index in [4.69, 9.17) is 23.7 Å². The van der Waals surface area contributed by atoms with Crippen LogP contribution in [-0.2, 0) is 28.5 Å². The molecule has 0 spiro atoms. The maximum absolute atomic E-state index is 13.6. The van der Waals surface area contributed by atoms with E-state index in [-0.39, 0.29) is 12.8 Å². The van der Waals surface area contributed by atoms with Crippen LogP contribution in [0, 0.1) is 0 Å². The Hall–Kier alpha value is -6.38. The number of hydrogen-bond acceptors (Lipinski definition) is 20. The van der Waals surface area contributed by atoms with Gasteiger partial charge in [-0.05, 0) is 42.8 Å². The van der Waals surface area contributed by atoms with E-state index in [0.29, 0.717) is 42.8 Å². The van der Waals surface area contributed by atoms with Crippen LogP contribution in [-0.4, -0.2) is 117 Å². The second-order valence-corrected chi connectivity index (χ2v) is 13.7. The average molecular weight is 835 g/mol. The van der Waals surface area contributed by atoms with Crippen molar-refractivity contribution in [3.63, 3.8) is 0 Å². The van der Waals surface area contributed by atoms with Gasteiger partial charge in [-0.25, -0.2) is 14.4 Å². The number of benzene rings is 3. The van der Waals surface area contributed by atoms with Gasteiger partial charge >= 0.3 is 29.9 Å². The molecular formula is C39H46O20. The minimum Gasteiger partial charge on any atom is -0.504 e. The quantitative estimate of drug-likeness (QED) is 0.0287. The number of esters is 4. The summed E-state index contributed by atoms with van der Waals surface area (Å²) in [6, 6.07) is 3.91. The van der Waals surface area contributed by atoms with Crippen molar-refractivity contribution in [2.45, 2.75) is 102 Å². The zero-order valence-corrected chi connectivity index (χ0v) is 31.6. The lowest BCUT2D eigenvalue weighted by Gasteiger charge is -2.46. The van der Waals surface area contributed by atoms with E-state index in [1.165, 1.54) is 0 Å². The number of unbranched alkanes of at least 4 members (excludes halogenated alkanes) is 8. The Kier molecular flexibility index (Phi) is 15.3. The third kappa shape index (κ3) is 11.2. The van der Waals surface area contributed by atoms with Gasteiger partial charge in [-0.3, -0.25) is 9.53 Å². The summed E-state index contributed by atoms with van der Waals surface area (Å²) >= 11 is 0. The highest BCUT2D eigenvalue weighted by Crippen LogP contribution is 2.41. The molecular weight excluding hydrogens is 788 g/mol. The summed E-state index contributed by atoms with van der Waals surface area (Å²) in [6.07, 6.45) is -1.97. The van der Waals surface area contributed by atoms with Gasteiger partial charge < -0.3 is 75.1 Å². The molecule has 1 aliphatic rings. The molecule has 0 bridgehead atoms. The fourth-order valence-corrected chi connectivity index (χ4v) is 5.98. The number of rotatable bonds is 18. The van der Waals surface area contributed by atoms with Crippen molar-refractivity contribution >= 4 is 23.9 Å². The van der Waals surface area contributed by atoms with Gasteiger partial charge in [0.15, 0.2) is 57.8 Å². The summed E-state index contributed by atoms with van der Waals surface area (Å²) in [4.78, 5) is 53.2. The molecule has 3 aromatic carbocycles. The average Bonchev–Trinajstić information content (AvgIpc) is 3.19. The van der Waals surface area contributed by atoms with Crippen LogP contribution in [0.3, 0.4) is 0 Å². The molecule has 0 saturated carbocycles. The first-order valence-corrected chi connectivity index (χ1v) is 18.5. The maximum atomic E-state index is 13.6. The second-order valence-electron chi connectivity index (χ2n) is 13.7. The highest BCUT2D eigenvalue weighted by molar-refractivity contribution is 5.92. The predicted molar refractivity (Wildman–Crippen MR) is 197 cm³/mol. The summed E-state index contributed by atoms with van der Waals surface area (Å²) in [6.45, 7) is 0.991. The monoisotopic (exact) mass is 834 g/mol. The van der Waals surface area contributed by atoms with Crippen LogP contribution < -0.4 is 0 Å². The molecule has 1 aliphatic heterocycles. The standard InChI is InChI=1S/C39H46O20/c1-2-3-4-5-6-7-8-9-10-11-29(46)58-39(59-38(54)21-16-26(44)32(49)27(45)17-21)35(51)34(56-37(53)20-14-24(42)31(48)25(43)15-20)33(50)28(57-39)18-55-36(52)19-12-22(40)30(47)23(41)13-19/h12-17,28,33-35,40-45,47-51H,2-11,18H2,1H3/t28-,33-,34+,35-,39+/m1/s1. The molecule has 20 heteroatoms. The molecule has 0 aromatic heterocycles. The number of aromatic hydroxyl groups is 9. The van der Waals surface area contributed by atoms with Crippen LogP contribution in [0.15, 0.2) is 36.4 Å². The molecule has 1 fully saturated rings. The van der Waals surface area contributed by atoms with Crippen molar-refractivity contribution in [1.29, 1.82) is 0 Å². The number of phenols is 9. The van der Waals surface area contributed by atoms with Crippen molar-refractivity contribution in [1.82, 2.24) is 0 Å². The van der Waals surface area contributed by atoms with E-state index in [9.17, 15) is 75.3 Å². The number of hydrogen-bond donors (Lipinski definition) is 11. The molecule has 4 rings (SSSR count). The molecule has 11 N–H and O–H groups in total. The molecule has 0 amide bonds. The van der Waals surface area contributed by atoms with E-state index < -0.39 is 129 Å². The molecule has 322 valence electrons. The lowest BCUT2D eigenvalue weighted by atomic mass is 9.96. The van der Waals surface area contributed by atoms with Crippen LogP contribution in [0.2, 0.25) is 0 Å². The SMILES string of the molecule is CCCCCCCCCCCC(=O)O[C@@]1(OC(=O)c2cc(O)c(O)c(O)c2)O[C@H](COC(=O)c2cc(O)c(O)c(O)c2)[C@@H](O)[C@H](OC(=O)c2cc(O)c(O)c(O)c2)[C@H]1O. The van der Waals surface area contributed by atoms with E-state index in [1.54, 1.807) is 0 Å². The Morgan fingerprint density at radius 3 is 1.44 bits per heavy atom. The van der Waals surface area contributed by atoms with E-state index in [1.807, 2.05) is 0 Å². The maximum Gasteiger partial charge on any atom is 0.408 e. The Morgan fingerprint density at radius 1 is 0.576 bits per heavy atom. The fraction of sp³-hybridized carbons (Fsp3) is 0.436. The van der Waals surface area contributed by atoms with Gasteiger partial charge in [0, 0.05) is 6.42 Å². The summed E-state index contributed by atoms with van der Waals surface area (Å²) in [5.74, 6) is -17.9. The van der Waals surface area contributed by atoms with E-state index >= 15 is 0 Å². The first-order chi connectivity index (χ1) is 27.9. The molecule has 3 aromatic rings. The molecule has 5 atom stereocenters. The van der Waals surface area contributed by atoms with Crippen LogP contribution in [0.5, 0.6) is 51.7 Å². The molecule has 20 nitrogen and oxygen atoms in total. The number of ether oxygens (including phenoxy) is 5. The van der Waals surface area contributed by atoms with Gasteiger partial charge in [0.25, 0.3) is 0 Å². The van der Waals surface area contributed by atoms with Crippen LogP contribution in [0.4, 0.5) is 0 Å². The van der Waals surface area contributed by atoms with Crippen molar-refractivity contribution in [3.8, 4) is 51.7 Å². The number of carbonyl (C=O) groups is 4. The van der Waals surface area contributed by atoms with Crippen LogP contribution in [0.1, 0.15) is 102 Å². The highest BCUT2D eigenvalue weighted by Gasteiger charge is 2.62. The summed E-state index contributed by atoms with van der Waals surface area (Å²) in [5, 5.41) is 112. The third-order valence-corrected chi connectivity index (χ3v) is 9.22. The first-order valence-electron chi connectivity index (χ1n) is 18.5. The van der Waals surface area contributed by atoms with Gasteiger partial charge in [-0.15, -0.1) is 0 Å². The van der Waals surface area contributed by atoms with Crippen molar-refractivity contribution < 1.29 is 99.0 Å². The highest BCUT2D eigenvalue weighted by atomic mass is 16.9. The lowest BCUT2D eigenvalue weighted by Crippen LogP contribution is -2.69. The Bertz CT molecular complexity index is 1930. The predicted octanol–water partition coefficient (Wildman–Crippen LogP) is 3.51. The van der Waals surface area contributed by atoms with Crippen LogP contribution >= 0.6 is 0 Å². The topological polar surface area (TPSA) is 337 Å². The first kappa shape index (κ1) is 45.3. The van der Waals surface area contributed by atoms with Gasteiger partial charge in [-0.1, -0.05) is 58.3 Å². The Morgan fingerprint density at radius 2 is 0.983 bits per heavy atom. The molecule has 1 heterocycles. The van der Waals surface area contributed by atoms with Gasteiger partial charge in [-0.2, -0.15) is 0 Å². The van der Waals surface area contributed by atoms with Crippen molar-refractivity contribution in [2.24, 2.45) is 0 Å². The normalized spacial score (nSPS) is 20.1. The fourth-order valence-electron chi connectivity index (χ4n) is 5.98. The number of carbonyl (C=O) groups excluding carboxylic acids is 4. The number of phenolic OH excluding ortho intramolecular Hbond substituents is 9. The second kappa shape index (κ2) is 19.9. The Labute approximate surface area is 335 Å². The minimum atomic E-state index is -3.41.